The second-order valence-electron chi connectivity index (χ2n) is 5.62. The molecule has 4 heteroatoms. The quantitative estimate of drug-likeness (QED) is 0.785. The molecule has 0 aliphatic rings. The Bertz CT molecular complexity index is 601. The Kier molecular flexibility index (Phi) is 6.44. The first kappa shape index (κ1) is 17.3. The molecular formula is C19H25NO3. The topological polar surface area (TPSA) is 50.7 Å². The lowest BCUT2D eigenvalue weighted by atomic mass is 10.0. The summed E-state index contributed by atoms with van der Waals surface area (Å²) >= 11 is 0. The number of ether oxygens (including phenoxy) is 2. The van der Waals surface area contributed by atoms with E-state index in [1.807, 2.05) is 48.5 Å². The molecule has 0 aromatic heterocycles. The Hall–Kier alpha value is -2.04. The van der Waals surface area contributed by atoms with E-state index in [0.29, 0.717) is 13.0 Å². The van der Waals surface area contributed by atoms with Crippen LogP contribution >= 0.6 is 0 Å². The maximum absolute atomic E-state index is 10.3. The number of nitrogens with one attached hydrogen (secondary N) is 1. The Morgan fingerprint density at radius 2 is 1.78 bits per heavy atom. The summed E-state index contributed by atoms with van der Waals surface area (Å²) in [6, 6.07) is 15.6. The van der Waals surface area contributed by atoms with Gasteiger partial charge in [-0.05, 0) is 37.1 Å². The highest BCUT2D eigenvalue weighted by atomic mass is 16.5. The number of methoxy groups -OCH3 is 2. The maximum atomic E-state index is 10.3. The smallest absolute Gasteiger partial charge is 0.123 e. The molecule has 2 atom stereocenters. The van der Waals surface area contributed by atoms with Crippen molar-refractivity contribution in [2.24, 2.45) is 0 Å². The van der Waals surface area contributed by atoms with Crippen LogP contribution in [0.5, 0.6) is 11.5 Å². The minimum absolute atomic E-state index is 0.168. The van der Waals surface area contributed by atoms with Gasteiger partial charge in [0.1, 0.15) is 11.5 Å². The van der Waals surface area contributed by atoms with E-state index >= 15 is 0 Å². The molecule has 0 amide bonds. The van der Waals surface area contributed by atoms with Crippen LogP contribution < -0.4 is 14.8 Å². The van der Waals surface area contributed by atoms with Crippen LogP contribution in [0.3, 0.4) is 0 Å². The maximum Gasteiger partial charge on any atom is 0.123 e. The number of rotatable bonds is 8. The van der Waals surface area contributed by atoms with Gasteiger partial charge < -0.3 is 19.9 Å². The van der Waals surface area contributed by atoms with Crippen LogP contribution in [0.25, 0.3) is 0 Å². The van der Waals surface area contributed by atoms with Gasteiger partial charge in [-0.15, -0.1) is 0 Å². The number of benzene rings is 2. The zero-order valence-corrected chi connectivity index (χ0v) is 14.0. The van der Waals surface area contributed by atoms with Crippen LogP contribution in [-0.4, -0.2) is 25.4 Å². The van der Waals surface area contributed by atoms with Crippen LogP contribution in [0, 0.1) is 0 Å². The molecule has 0 radical (unpaired) electrons. The second-order valence-corrected chi connectivity index (χ2v) is 5.62. The van der Waals surface area contributed by atoms with Crippen molar-refractivity contribution in [2.75, 3.05) is 14.2 Å². The number of aliphatic hydroxyl groups is 1. The summed E-state index contributed by atoms with van der Waals surface area (Å²) < 4.78 is 10.6. The summed E-state index contributed by atoms with van der Waals surface area (Å²) in [7, 11) is 3.31. The molecule has 0 spiro atoms. The summed E-state index contributed by atoms with van der Waals surface area (Å²) in [5.74, 6) is 1.63. The van der Waals surface area contributed by atoms with Crippen molar-refractivity contribution in [3.8, 4) is 11.5 Å². The molecule has 0 bridgehead atoms. The molecule has 2 N–H and O–H groups in total. The van der Waals surface area contributed by atoms with E-state index in [-0.39, 0.29) is 6.04 Å². The Morgan fingerprint density at radius 1 is 1.04 bits per heavy atom. The molecule has 124 valence electrons. The van der Waals surface area contributed by atoms with Crippen LogP contribution in [0.4, 0.5) is 0 Å². The minimum Gasteiger partial charge on any atom is -0.497 e. The van der Waals surface area contributed by atoms with Crippen LogP contribution in [-0.2, 0) is 6.54 Å². The third kappa shape index (κ3) is 4.98. The average molecular weight is 315 g/mol. The Balaban J connectivity index is 1.92. The summed E-state index contributed by atoms with van der Waals surface area (Å²) in [6.45, 7) is 2.72. The lowest BCUT2D eigenvalue weighted by Crippen LogP contribution is -2.27. The third-order valence-electron chi connectivity index (χ3n) is 3.89. The average Bonchev–Trinajstić information content (AvgIpc) is 2.60. The van der Waals surface area contributed by atoms with Gasteiger partial charge >= 0.3 is 0 Å². The largest absolute Gasteiger partial charge is 0.497 e. The van der Waals surface area contributed by atoms with Crippen molar-refractivity contribution in [1.29, 1.82) is 0 Å². The van der Waals surface area contributed by atoms with Gasteiger partial charge in [0, 0.05) is 18.2 Å². The molecule has 23 heavy (non-hydrogen) atoms. The van der Waals surface area contributed by atoms with E-state index in [2.05, 4.69) is 12.2 Å². The standard InChI is InChI=1S/C19H25NO3/c1-14(11-18(21)15-7-5-4-6-8-15)20-13-16-12-17(22-2)9-10-19(16)23-3/h4-10,12,14,18,20-21H,11,13H2,1-3H3. The number of hydrogen-bond donors (Lipinski definition) is 2. The van der Waals surface area contributed by atoms with Gasteiger partial charge in [0.25, 0.3) is 0 Å². The van der Waals surface area contributed by atoms with Crippen molar-refractivity contribution in [2.45, 2.75) is 32.0 Å². The van der Waals surface area contributed by atoms with Crippen molar-refractivity contribution in [3.63, 3.8) is 0 Å². The van der Waals surface area contributed by atoms with E-state index < -0.39 is 6.10 Å². The van der Waals surface area contributed by atoms with Gasteiger partial charge in [-0.3, -0.25) is 0 Å². The molecule has 0 saturated heterocycles. The van der Waals surface area contributed by atoms with Crippen molar-refractivity contribution in [1.82, 2.24) is 5.32 Å². The highest BCUT2D eigenvalue weighted by Crippen LogP contribution is 2.24. The van der Waals surface area contributed by atoms with Crippen molar-refractivity contribution in [3.05, 3.63) is 59.7 Å². The van der Waals surface area contributed by atoms with Crippen LogP contribution in [0.15, 0.2) is 48.5 Å². The van der Waals surface area contributed by atoms with Gasteiger partial charge in [-0.2, -0.15) is 0 Å². The molecule has 0 fully saturated rings. The van der Waals surface area contributed by atoms with E-state index in [4.69, 9.17) is 9.47 Å². The second kappa shape index (κ2) is 8.56. The fraction of sp³-hybridized carbons (Fsp3) is 0.368. The highest BCUT2D eigenvalue weighted by molar-refractivity contribution is 5.40. The van der Waals surface area contributed by atoms with Crippen molar-refractivity contribution >= 4 is 0 Å². The van der Waals surface area contributed by atoms with Crippen LogP contribution in [0.1, 0.15) is 30.6 Å². The van der Waals surface area contributed by atoms with E-state index in [0.717, 1.165) is 22.6 Å². The molecule has 2 aromatic carbocycles. The summed E-state index contributed by atoms with van der Waals surface area (Å²) in [6.07, 6.45) is 0.182. The fourth-order valence-corrected chi connectivity index (χ4v) is 2.53. The zero-order chi connectivity index (χ0) is 16.7. The zero-order valence-electron chi connectivity index (χ0n) is 14.0. The van der Waals surface area contributed by atoms with Gasteiger partial charge in [0.05, 0.1) is 20.3 Å². The lowest BCUT2D eigenvalue weighted by Gasteiger charge is -2.19. The number of hydrogen-bond acceptors (Lipinski definition) is 4. The van der Waals surface area contributed by atoms with Crippen LogP contribution in [0.2, 0.25) is 0 Å². The molecule has 0 saturated carbocycles. The molecule has 2 unspecified atom stereocenters. The fourth-order valence-electron chi connectivity index (χ4n) is 2.53. The molecule has 2 aromatic rings. The molecular weight excluding hydrogens is 290 g/mol. The van der Waals surface area contributed by atoms with Gasteiger partial charge in [-0.25, -0.2) is 0 Å². The SMILES string of the molecule is COc1ccc(OC)c(CNC(C)CC(O)c2ccccc2)c1. The predicted molar refractivity (Wildman–Crippen MR) is 91.9 cm³/mol. The summed E-state index contributed by atoms with van der Waals surface area (Å²) in [4.78, 5) is 0. The Morgan fingerprint density at radius 3 is 2.43 bits per heavy atom. The normalized spacial score (nSPS) is 13.4. The Labute approximate surface area is 138 Å². The summed E-state index contributed by atoms with van der Waals surface area (Å²) in [5.41, 5.74) is 1.98. The van der Waals surface area contributed by atoms with Gasteiger partial charge in [-0.1, -0.05) is 30.3 Å². The predicted octanol–water partition coefficient (Wildman–Crippen LogP) is 3.31. The summed E-state index contributed by atoms with van der Waals surface area (Å²) in [5, 5.41) is 13.7. The van der Waals surface area contributed by atoms with E-state index in [1.165, 1.54) is 0 Å². The molecule has 0 heterocycles. The van der Waals surface area contributed by atoms with Gasteiger partial charge in [0.15, 0.2) is 0 Å². The minimum atomic E-state index is -0.467. The molecule has 0 aliphatic carbocycles. The third-order valence-corrected chi connectivity index (χ3v) is 3.89. The van der Waals surface area contributed by atoms with Gasteiger partial charge in [0.2, 0.25) is 0 Å². The molecule has 4 nitrogen and oxygen atoms in total. The highest BCUT2D eigenvalue weighted by Gasteiger charge is 2.13. The molecule has 0 aliphatic heterocycles. The van der Waals surface area contributed by atoms with E-state index in [1.54, 1.807) is 14.2 Å². The van der Waals surface area contributed by atoms with E-state index in [9.17, 15) is 5.11 Å². The lowest BCUT2D eigenvalue weighted by molar-refractivity contribution is 0.154. The molecule has 2 rings (SSSR count). The number of aliphatic hydroxyl groups excluding tert-OH is 1. The first-order chi connectivity index (χ1) is 11.1. The monoisotopic (exact) mass is 315 g/mol. The van der Waals surface area contributed by atoms with Crippen molar-refractivity contribution < 1.29 is 14.6 Å². The first-order valence-corrected chi connectivity index (χ1v) is 7.81. The first-order valence-electron chi connectivity index (χ1n) is 7.81.